The number of hydrogen-bond donors (Lipinski definition) is 4. The second-order valence-electron chi connectivity index (χ2n) is 7.72. The van der Waals surface area contributed by atoms with Crippen molar-refractivity contribution >= 4 is 29.1 Å². The molecule has 0 aliphatic heterocycles. The Morgan fingerprint density at radius 2 is 1.93 bits per heavy atom. The third-order valence-electron chi connectivity index (χ3n) is 4.23. The SMILES string of the molecule is CCCCNC(=O)C(NC(=O)C(CC(=O)NO)Cc1ccsc1)C(C)(C)C. The minimum Gasteiger partial charge on any atom is -0.354 e. The first kappa shape index (κ1) is 23.1. The van der Waals surface area contributed by atoms with E-state index in [1.807, 2.05) is 44.5 Å². The monoisotopic (exact) mass is 397 g/mol. The van der Waals surface area contributed by atoms with Gasteiger partial charge in [0.1, 0.15) is 6.04 Å². The molecular formula is C19H31N3O4S. The van der Waals surface area contributed by atoms with Crippen LogP contribution in [0.5, 0.6) is 0 Å². The molecule has 0 bridgehead atoms. The van der Waals surface area contributed by atoms with Gasteiger partial charge in [-0.15, -0.1) is 0 Å². The summed E-state index contributed by atoms with van der Waals surface area (Å²) < 4.78 is 0. The van der Waals surface area contributed by atoms with E-state index in [9.17, 15) is 14.4 Å². The summed E-state index contributed by atoms with van der Waals surface area (Å²) in [6.07, 6.45) is 2.03. The highest BCUT2D eigenvalue weighted by Gasteiger charge is 2.34. The first-order valence-electron chi connectivity index (χ1n) is 9.21. The molecule has 7 nitrogen and oxygen atoms in total. The summed E-state index contributed by atoms with van der Waals surface area (Å²) in [5.74, 6) is -1.93. The summed E-state index contributed by atoms with van der Waals surface area (Å²) in [6.45, 7) is 8.24. The third-order valence-corrected chi connectivity index (χ3v) is 4.97. The Morgan fingerprint density at radius 3 is 2.44 bits per heavy atom. The van der Waals surface area contributed by atoms with Crippen LogP contribution in [0.2, 0.25) is 0 Å². The van der Waals surface area contributed by atoms with Gasteiger partial charge in [-0.1, -0.05) is 34.1 Å². The van der Waals surface area contributed by atoms with E-state index in [0.717, 1.165) is 18.4 Å². The molecule has 1 heterocycles. The van der Waals surface area contributed by atoms with Crippen molar-refractivity contribution in [2.45, 2.75) is 59.4 Å². The molecule has 2 unspecified atom stereocenters. The van der Waals surface area contributed by atoms with Crippen molar-refractivity contribution in [3.63, 3.8) is 0 Å². The van der Waals surface area contributed by atoms with Gasteiger partial charge in [0.25, 0.3) is 0 Å². The normalized spacial score (nSPS) is 13.5. The topological polar surface area (TPSA) is 108 Å². The number of unbranched alkanes of at least 4 members (excludes halogenated alkanes) is 1. The van der Waals surface area contributed by atoms with E-state index in [2.05, 4.69) is 10.6 Å². The molecule has 8 heteroatoms. The smallest absolute Gasteiger partial charge is 0.244 e. The van der Waals surface area contributed by atoms with E-state index in [1.165, 1.54) is 11.3 Å². The fraction of sp³-hybridized carbons (Fsp3) is 0.632. The van der Waals surface area contributed by atoms with Crippen LogP contribution in [0.3, 0.4) is 0 Å². The van der Waals surface area contributed by atoms with Gasteiger partial charge in [-0.2, -0.15) is 11.3 Å². The lowest BCUT2D eigenvalue weighted by molar-refractivity contribution is -0.137. The average Bonchev–Trinajstić information content (AvgIpc) is 3.10. The van der Waals surface area contributed by atoms with E-state index in [1.54, 1.807) is 5.48 Å². The van der Waals surface area contributed by atoms with Crippen molar-refractivity contribution < 1.29 is 19.6 Å². The Kier molecular flexibility index (Phi) is 9.45. The number of carbonyl (C=O) groups excluding carboxylic acids is 3. The van der Waals surface area contributed by atoms with Crippen LogP contribution in [0.4, 0.5) is 0 Å². The van der Waals surface area contributed by atoms with Gasteiger partial charge in [0.2, 0.25) is 17.7 Å². The molecule has 0 fully saturated rings. The highest BCUT2D eigenvalue weighted by Crippen LogP contribution is 2.22. The van der Waals surface area contributed by atoms with Gasteiger partial charge in [0, 0.05) is 13.0 Å². The molecule has 2 atom stereocenters. The molecule has 0 aliphatic rings. The van der Waals surface area contributed by atoms with Crippen molar-refractivity contribution in [3.05, 3.63) is 22.4 Å². The minimum atomic E-state index is -0.719. The lowest BCUT2D eigenvalue weighted by atomic mass is 9.85. The van der Waals surface area contributed by atoms with E-state index >= 15 is 0 Å². The summed E-state index contributed by atoms with van der Waals surface area (Å²) in [5.41, 5.74) is 2.02. The maximum atomic E-state index is 12.9. The number of amides is 3. The Hall–Kier alpha value is -1.93. The number of rotatable bonds is 10. The zero-order valence-corrected chi connectivity index (χ0v) is 17.3. The minimum absolute atomic E-state index is 0.160. The summed E-state index contributed by atoms with van der Waals surface area (Å²) in [4.78, 5) is 37.1. The predicted molar refractivity (Wildman–Crippen MR) is 105 cm³/mol. The quantitative estimate of drug-likeness (QED) is 0.276. The van der Waals surface area contributed by atoms with Crippen LogP contribution in [0.1, 0.15) is 52.5 Å². The maximum absolute atomic E-state index is 12.9. The Labute approximate surface area is 164 Å². The molecular weight excluding hydrogens is 366 g/mol. The molecule has 0 saturated heterocycles. The number of carbonyl (C=O) groups is 3. The van der Waals surface area contributed by atoms with Gasteiger partial charge >= 0.3 is 0 Å². The molecule has 27 heavy (non-hydrogen) atoms. The first-order chi connectivity index (χ1) is 12.7. The number of hydroxylamine groups is 1. The Bertz CT molecular complexity index is 611. The van der Waals surface area contributed by atoms with Crippen molar-refractivity contribution in [3.8, 4) is 0 Å². The van der Waals surface area contributed by atoms with Crippen LogP contribution in [0.15, 0.2) is 16.8 Å². The van der Waals surface area contributed by atoms with Gasteiger partial charge in [0.15, 0.2) is 0 Å². The Morgan fingerprint density at radius 1 is 1.22 bits per heavy atom. The third kappa shape index (κ3) is 8.09. The number of hydrogen-bond acceptors (Lipinski definition) is 5. The lowest BCUT2D eigenvalue weighted by Crippen LogP contribution is -2.55. The fourth-order valence-electron chi connectivity index (χ4n) is 2.65. The molecule has 0 aliphatic carbocycles. The number of nitrogens with one attached hydrogen (secondary N) is 3. The highest BCUT2D eigenvalue weighted by molar-refractivity contribution is 7.07. The molecule has 0 aromatic carbocycles. The van der Waals surface area contributed by atoms with Gasteiger partial charge in [0.05, 0.1) is 5.92 Å². The van der Waals surface area contributed by atoms with E-state index in [-0.39, 0.29) is 18.2 Å². The summed E-state index contributed by atoms with van der Waals surface area (Å²) in [5, 5.41) is 18.3. The highest BCUT2D eigenvalue weighted by atomic mass is 32.1. The van der Waals surface area contributed by atoms with Gasteiger partial charge in [-0.05, 0) is 40.6 Å². The largest absolute Gasteiger partial charge is 0.354 e. The second-order valence-corrected chi connectivity index (χ2v) is 8.50. The molecule has 1 aromatic rings. The van der Waals surface area contributed by atoms with Gasteiger partial charge < -0.3 is 10.6 Å². The van der Waals surface area contributed by atoms with E-state index in [0.29, 0.717) is 13.0 Å². The van der Waals surface area contributed by atoms with Crippen LogP contribution in [-0.2, 0) is 20.8 Å². The number of thiophene rings is 1. The molecule has 0 saturated carbocycles. The fourth-order valence-corrected chi connectivity index (χ4v) is 3.33. The molecule has 1 aromatic heterocycles. The molecule has 1 rings (SSSR count). The van der Waals surface area contributed by atoms with Crippen molar-refractivity contribution in [1.29, 1.82) is 0 Å². The summed E-state index contributed by atoms with van der Waals surface area (Å²) in [7, 11) is 0. The Balaban J connectivity index is 2.89. The zero-order chi connectivity index (χ0) is 20.4. The standard InChI is InChI=1S/C19H31N3O4S/c1-5-6-8-20-18(25)16(19(2,3)4)21-17(24)14(11-15(23)22-26)10-13-7-9-27-12-13/h7,9,12,14,16,26H,5-6,8,10-11H2,1-4H3,(H,20,25)(H,21,24)(H,22,23). The van der Waals surface area contributed by atoms with Gasteiger partial charge in [-0.3, -0.25) is 19.6 Å². The molecule has 3 amide bonds. The van der Waals surface area contributed by atoms with Crippen LogP contribution in [0, 0.1) is 11.3 Å². The molecule has 0 spiro atoms. The summed E-state index contributed by atoms with van der Waals surface area (Å²) in [6, 6.07) is 1.17. The molecule has 0 radical (unpaired) electrons. The second kappa shape index (κ2) is 11.0. The van der Waals surface area contributed by atoms with Gasteiger partial charge in [-0.25, -0.2) is 5.48 Å². The maximum Gasteiger partial charge on any atom is 0.244 e. The zero-order valence-electron chi connectivity index (χ0n) is 16.5. The van der Waals surface area contributed by atoms with Crippen LogP contribution in [0.25, 0.3) is 0 Å². The first-order valence-corrected chi connectivity index (χ1v) is 10.1. The van der Waals surface area contributed by atoms with E-state index < -0.39 is 23.3 Å². The molecule has 152 valence electrons. The van der Waals surface area contributed by atoms with Crippen molar-refractivity contribution in [2.24, 2.45) is 11.3 Å². The predicted octanol–water partition coefficient (Wildman–Crippen LogP) is 2.25. The van der Waals surface area contributed by atoms with Crippen LogP contribution >= 0.6 is 11.3 Å². The summed E-state index contributed by atoms with van der Waals surface area (Å²) >= 11 is 1.51. The van der Waals surface area contributed by atoms with Crippen molar-refractivity contribution in [1.82, 2.24) is 16.1 Å². The molecule has 4 N–H and O–H groups in total. The van der Waals surface area contributed by atoms with Crippen molar-refractivity contribution in [2.75, 3.05) is 6.54 Å². The van der Waals surface area contributed by atoms with Crippen LogP contribution < -0.4 is 16.1 Å². The lowest BCUT2D eigenvalue weighted by Gasteiger charge is -2.31. The van der Waals surface area contributed by atoms with Crippen LogP contribution in [-0.4, -0.2) is 35.5 Å². The van der Waals surface area contributed by atoms with E-state index in [4.69, 9.17) is 5.21 Å². The average molecular weight is 398 g/mol.